The second-order valence-corrected chi connectivity index (χ2v) is 6.25. The Morgan fingerprint density at radius 3 is 2.55 bits per heavy atom. The zero-order valence-corrected chi connectivity index (χ0v) is 12.8. The first-order chi connectivity index (χ1) is 9.22. The number of benzene rings is 1. The molecule has 0 aliphatic rings. The van der Waals surface area contributed by atoms with Crippen molar-refractivity contribution < 1.29 is 13.8 Å². The molecular weight excluding hydrogens is 278 g/mol. The van der Waals surface area contributed by atoms with Crippen molar-refractivity contribution >= 4 is 29.7 Å². The molecule has 0 saturated heterocycles. The molecule has 6 nitrogen and oxygen atoms in total. The highest BCUT2D eigenvalue weighted by Crippen LogP contribution is 2.29. The van der Waals surface area contributed by atoms with E-state index in [1.54, 1.807) is 52.2 Å². The molecule has 3 amide bonds. The van der Waals surface area contributed by atoms with Gasteiger partial charge in [-0.05, 0) is 26.0 Å². The van der Waals surface area contributed by atoms with Gasteiger partial charge in [-0.25, -0.2) is 4.79 Å². The van der Waals surface area contributed by atoms with E-state index in [-0.39, 0.29) is 6.03 Å². The van der Waals surface area contributed by atoms with E-state index in [1.807, 2.05) is 0 Å². The van der Waals surface area contributed by atoms with Crippen LogP contribution in [0.5, 0.6) is 5.75 Å². The molecule has 0 bridgehead atoms. The molecule has 0 aliphatic carbocycles. The Morgan fingerprint density at radius 2 is 2.00 bits per heavy atom. The van der Waals surface area contributed by atoms with Gasteiger partial charge < -0.3 is 20.1 Å². The van der Waals surface area contributed by atoms with Crippen molar-refractivity contribution in [2.45, 2.75) is 18.6 Å². The molecule has 0 fully saturated rings. The van der Waals surface area contributed by atoms with E-state index in [2.05, 4.69) is 5.32 Å². The lowest BCUT2D eigenvalue weighted by atomic mass is 10.2. The van der Waals surface area contributed by atoms with Crippen LogP contribution < -0.4 is 15.2 Å². The monoisotopic (exact) mass is 297 g/mol. The molecule has 0 spiro atoms. The second kappa shape index (κ2) is 6.51. The van der Waals surface area contributed by atoms with Crippen molar-refractivity contribution in [3.05, 3.63) is 24.3 Å². The first-order valence-corrected chi connectivity index (χ1v) is 6.70. The summed E-state index contributed by atoms with van der Waals surface area (Å²) >= 11 is 0.976. The van der Waals surface area contributed by atoms with Gasteiger partial charge in [0, 0.05) is 25.8 Å². The quantitative estimate of drug-likeness (QED) is 0.815. The number of anilines is 1. The Morgan fingerprint density at radius 1 is 1.35 bits per heavy atom. The fourth-order valence-electron chi connectivity index (χ4n) is 1.05. The van der Waals surface area contributed by atoms with E-state index in [1.165, 1.54) is 4.90 Å². The standard InChI is InChI=1S/C13H19N3O3S/c1-13(2,11(14)17)20-19-10-7-5-6-9(8-10)15-12(18)16(3)4/h5-8H,1-4H3,(H2,14,17)(H,15,18). The fourth-order valence-corrected chi connectivity index (χ4v) is 1.54. The summed E-state index contributed by atoms with van der Waals surface area (Å²) in [6, 6.07) is 6.67. The zero-order chi connectivity index (χ0) is 15.3. The van der Waals surface area contributed by atoms with E-state index >= 15 is 0 Å². The van der Waals surface area contributed by atoms with Gasteiger partial charge in [0.2, 0.25) is 5.91 Å². The number of hydrogen-bond donors (Lipinski definition) is 2. The largest absolute Gasteiger partial charge is 0.425 e. The first kappa shape index (κ1) is 16.2. The van der Waals surface area contributed by atoms with Gasteiger partial charge in [0.25, 0.3) is 0 Å². The molecule has 0 radical (unpaired) electrons. The Hall–Kier alpha value is -1.89. The number of nitrogens with zero attached hydrogens (tertiary/aromatic N) is 1. The maximum absolute atomic E-state index is 11.5. The summed E-state index contributed by atoms with van der Waals surface area (Å²) in [6.45, 7) is 3.36. The number of nitrogens with two attached hydrogens (primary N) is 1. The second-order valence-electron chi connectivity index (χ2n) is 4.89. The van der Waals surface area contributed by atoms with Gasteiger partial charge in [0.1, 0.15) is 10.5 Å². The number of hydrogen-bond acceptors (Lipinski definition) is 4. The minimum Gasteiger partial charge on any atom is -0.425 e. The summed E-state index contributed by atoms with van der Waals surface area (Å²) in [6.07, 6.45) is 0. The Bertz CT molecular complexity index is 503. The number of amides is 3. The zero-order valence-electron chi connectivity index (χ0n) is 12.0. The van der Waals surface area contributed by atoms with E-state index in [0.717, 1.165) is 12.0 Å². The summed E-state index contributed by atoms with van der Waals surface area (Å²) in [7, 11) is 3.31. The van der Waals surface area contributed by atoms with Gasteiger partial charge in [0.15, 0.2) is 0 Å². The highest BCUT2D eigenvalue weighted by atomic mass is 32.2. The molecule has 7 heteroatoms. The van der Waals surface area contributed by atoms with Gasteiger partial charge in [0.05, 0.1) is 12.0 Å². The average molecular weight is 297 g/mol. The first-order valence-electron chi connectivity index (χ1n) is 5.96. The Labute approximate surface area is 122 Å². The summed E-state index contributed by atoms with van der Waals surface area (Å²) in [5.41, 5.74) is 5.87. The highest BCUT2D eigenvalue weighted by molar-refractivity contribution is 7.97. The summed E-state index contributed by atoms with van der Waals surface area (Å²) < 4.78 is 4.64. The third-order valence-electron chi connectivity index (χ3n) is 2.43. The van der Waals surface area contributed by atoms with Crippen LogP contribution in [0, 0.1) is 0 Å². The van der Waals surface area contributed by atoms with E-state index in [9.17, 15) is 9.59 Å². The number of rotatable bonds is 5. The van der Waals surface area contributed by atoms with Crippen LogP contribution in [0.4, 0.5) is 10.5 Å². The normalized spacial score (nSPS) is 10.8. The molecule has 1 rings (SSSR count). The van der Waals surface area contributed by atoms with Crippen LogP contribution in [-0.4, -0.2) is 35.7 Å². The molecule has 0 atom stereocenters. The van der Waals surface area contributed by atoms with Crippen molar-refractivity contribution in [1.29, 1.82) is 0 Å². The third-order valence-corrected chi connectivity index (χ3v) is 3.32. The number of urea groups is 1. The van der Waals surface area contributed by atoms with Gasteiger partial charge in [-0.2, -0.15) is 0 Å². The number of primary amides is 1. The lowest BCUT2D eigenvalue weighted by Gasteiger charge is -2.19. The fraction of sp³-hybridized carbons (Fsp3) is 0.385. The molecule has 0 aliphatic heterocycles. The number of carbonyl (C=O) groups is 2. The molecule has 1 aromatic rings. The van der Waals surface area contributed by atoms with Gasteiger partial charge in [-0.15, -0.1) is 0 Å². The maximum Gasteiger partial charge on any atom is 0.321 e. The van der Waals surface area contributed by atoms with Crippen LogP contribution in [0.15, 0.2) is 24.3 Å². The van der Waals surface area contributed by atoms with E-state index < -0.39 is 10.7 Å². The van der Waals surface area contributed by atoms with Crippen molar-refractivity contribution in [2.24, 2.45) is 5.73 Å². The molecule has 0 unspecified atom stereocenters. The SMILES string of the molecule is CN(C)C(=O)Nc1cccc(OSC(C)(C)C(N)=O)c1. The van der Waals surface area contributed by atoms with E-state index in [0.29, 0.717) is 11.4 Å². The maximum atomic E-state index is 11.5. The van der Waals surface area contributed by atoms with Crippen LogP contribution in [-0.2, 0) is 4.79 Å². The molecule has 110 valence electrons. The number of carbonyl (C=O) groups excluding carboxylic acids is 2. The highest BCUT2D eigenvalue weighted by Gasteiger charge is 2.28. The lowest BCUT2D eigenvalue weighted by Crippen LogP contribution is -2.35. The molecule has 3 N–H and O–H groups in total. The van der Waals surface area contributed by atoms with Gasteiger partial charge >= 0.3 is 6.03 Å². The van der Waals surface area contributed by atoms with Crippen molar-refractivity contribution in [1.82, 2.24) is 4.90 Å². The van der Waals surface area contributed by atoms with Gasteiger partial charge in [-0.1, -0.05) is 6.07 Å². The van der Waals surface area contributed by atoms with Crippen molar-refractivity contribution in [2.75, 3.05) is 19.4 Å². The van der Waals surface area contributed by atoms with E-state index in [4.69, 9.17) is 9.92 Å². The van der Waals surface area contributed by atoms with Crippen LogP contribution in [0.25, 0.3) is 0 Å². The van der Waals surface area contributed by atoms with Crippen LogP contribution in [0.1, 0.15) is 13.8 Å². The third kappa shape index (κ3) is 4.65. The number of nitrogens with one attached hydrogen (secondary N) is 1. The molecule has 1 aromatic carbocycles. The minimum atomic E-state index is -0.830. The molecule has 0 aromatic heterocycles. The minimum absolute atomic E-state index is 0.229. The Kier molecular flexibility index (Phi) is 5.26. The lowest BCUT2D eigenvalue weighted by molar-refractivity contribution is -0.119. The smallest absolute Gasteiger partial charge is 0.321 e. The van der Waals surface area contributed by atoms with Crippen LogP contribution >= 0.6 is 12.0 Å². The Balaban J connectivity index is 2.69. The van der Waals surface area contributed by atoms with Crippen molar-refractivity contribution in [3.8, 4) is 5.75 Å². The van der Waals surface area contributed by atoms with Crippen LogP contribution in [0.2, 0.25) is 0 Å². The predicted octanol–water partition coefficient (Wildman–Crippen LogP) is 2.07. The summed E-state index contributed by atoms with van der Waals surface area (Å²) in [5.74, 6) is 0.0699. The summed E-state index contributed by atoms with van der Waals surface area (Å²) in [5, 5.41) is 2.71. The molecule has 0 heterocycles. The van der Waals surface area contributed by atoms with Gasteiger partial charge in [-0.3, -0.25) is 4.79 Å². The molecular formula is C13H19N3O3S. The predicted molar refractivity (Wildman–Crippen MR) is 80.6 cm³/mol. The molecule has 0 saturated carbocycles. The topological polar surface area (TPSA) is 84.7 Å². The van der Waals surface area contributed by atoms with Crippen LogP contribution in [0.3, 0.4) is 0 Å². The average Bonchev–Trinajstić information content (AvgIpc) is 2.36. The molecule has 20 heavy (non-hydrogen) atoms. The van der Waals surface area contributed by atoms with Crippen molar-refractivity contribution in [3.63, 3.8) is 0 Å². The summed E-state index contributed by atoms with van der Waals surface area (Å²) in [4.78, 5) is 24.2.